The van der Waals surface area contributed by atoms with Crippen LogP contribution in [0.4, 0.5) is 0 Å². The number of nitrogens with zero attached hydrogens (tertiary/aromatic N) is 4. The third-order valence-corrected chi connectivity index (χ3v) is 5.40. The number of hydrogen-bond donors (Lipinski definition) is 0. The first kappa shape index (κ1) is 16.7. The maximum Gasteiger partial charge on any atom is 0.266 e. The molecule has 26 heavy (non-hydrogen) atoms. The second kappa shape index (κ2) is 6.86. The van der Waals surface area contributed by atoms with E-state index < -0.39 is 0 Å². The fourth-order valence-electron chi connectivity index (χ4n) is 2.55. The quantitative estimate of drug-likeness (QED) is 0.513. The van der Waals surface area contributed by atoms with Crippen LogP contribution in [0.25, 0.3) is 23.2 Å². The molecule has 3 aromatic rings. The molecule has 7 heteroatoms. The summed E-state index contributed by atoms with van der Waals surface area (Å²) in [5.74, 6) is 1.07. The van der Waals surface area contributed by atoms with Crippen molar-refractivity contribution >= 4 is 40.3 Å². The molecule has 128 valence electrons. The fourth-order valence-corrected chi connectivity index (χ4v) is 3.70. The normalized spacial score (nSPS) is 15.9. The summed E-state index contributed by atoms with van der Waals surface area (Å²) in [5.41, 5.74) is 1.79. The molecule has 1 aliphatic rings. The number of likely N-dealkylation sites (N-methyl/N-ethyl adjacent to an activating group) is 1. The van der Waals surface area contributed by atoms with Crippen molar-refractivity contribution in [2.75, 3.05) is 7.05 Å². The molecule has 1 aromatic heterocycles. The minimum absolute atomic E-state index is 0.121. The van der Waals surface area contributed by atoms with Crippen molar-refractivity contribution in [2.45, 2.75) is 0 Å². The Balaban J connectivity index is 1.84. The maximum atomic E-state index is 12.3. The average Bonchev–Trinajstić information content (AvgIpc) is 3.21. The van der Waals surface area contributed by atoms with E-state index in [0.717, 1.165) is 11.3 Å². The van der Waals surface area contributed by atoms with E-state index in [9.17, 15) is 4.79 Å². The number of thioether (sulfide) groups is 1. The van der Waals surface area contributed by atoms with Crippen LogP contribution in [0.3, 0.4) is 0 Å². The Morgan fingerprint density at radius 1 is 1.04 bits per heavy atom. The lowest BCUT2D eigenvalue weighted by molar-refractivity contribution is -0.121. The number of para-hydroxylation sites is 1. The molecule has 1 fully saturated rings. The van der Waals surface area contributed by atoms with E-state index in [4.69, 9.17) is 12.2 Å². The van der Waals surface area contributed by atoms with Gasteiger partial charge in [-0.1, -0.05) is 72.5 Å². The van der Waals surface area contributed by atoms with Gasteiger partial charge >= 0.3 is 0 Å². The van der Waals surface area contributed by atoms with E-state index in [2.05, 4.69) is 10.1 Å². The lowest BCUT2D eigenvalue weighted by Crippen LogP contribution is -2.22. The Hall–Kier alpha value is -2.77. The number of carbonyl (C=O) groups excluding carboxylic acids is 1. The van der Waals surface area contributed by atoms with Gasteiger partial charge in [-0.3, -0.25) is 9.69 Å². The number of hydrogen-bond acceptors (Lipinski definition) is 5. The number of benzene rings is 2. The van der Waals surface area contributed by atoms with Crippen LogP contribution >= 0.6 is 24.0 Å². The summed E-state index contributed by atoms with van der Waals surface area (Å²) >= 11 is 6.48. The topological polar surface area (TPSA) is 51.0 Å². The van der Waals surface area contributed by atoms with Crippen LogP contribution in [-0.4, -0.2) is 36.9 Å². The first-order valence-electron chi connectivity index (χ1n) is 7.93. The molecule has 0 aliphatic carbocycles. The van der Waals surface area contributed by atoms with Crippen molar-refractivity contribution < 1.29 is 4.79 Å². The van der Waals surface area contributed by atoms with Gasteiger partial charge in [0.15, 0.2) is 11.6 Å². The van der Waals surface area contributed by atoms with Gasteiger partial charge in [0.25, 0.3) is 5.91 Å². The molecule has 1 amide bonds. The van der Waals surface area contributed by atoms with E-state index in [1.54, 1.807) is 17.8 Å². The van der Waals surface area contributed by atoms with Crippen LogP contribution in [0.15, 0.2) is 65.6 Å². The highest BCUT2D eigenvalue weighted by molar-refractivity contribution is 8.26. The van der Waals surface area contributed by atoms with Crippen LogP contribution in [0.1, 0.15) is 5.82 Å². The molecule has 0 unspecified atom stereocenters. The molecule has 0 bridgehead atoms. The fraction of sp³-hybridized carbons (Fsp3) is 0.0526. The molecule has 0 atom stereocenters. The number of thiocarbonyl (C=S) groups is 1. The summed E-state index contributed by atoms with van der Waals surface area (Å²) in [5, 5.41) is 4.65. The summed E-state index contributed by atoms with van der Waals surface area (Å²) in [7, 11) is 1.68. The van der Waals surface area contributed by atoms with E-state index in [1.165, 1.54) is 16.7 Å². The second-order valence-electron chi connectivity index (χ2n) is 5.65. The van der Waals surface area contributed by atoms with Gasteiger partial charge in [0, 0.05) is 18.7 Å². The van der Waals surface area contributed by atoms with Gasteiger partial charge in [-0.15, -0.1) is 5.10 Å². The smallest absolute Gasteiger partial charge is 0.266 e. The van der Waals surface area contributed by atoms with Crippen molar-refractivity contribution in [3.8, 4) is 17.1 Å². The molecule has 1 saturated heterocycles. The Labute approximate surface area is 160 Å². The first-order valence-corrected chi connectivity index (χ1v) is 9.15. The van der Waals surface area contributed by atoms with E-state index in [0.29, 0.717) is 20.9 Å². The third kappa shape index (κ3) is 3.07. The van der Waals surface area contributed by atoms with Crippen LogP contribution in [0.2, 0.25) is 0 Å². The minimum Gasteiger partial charge on any atom is -0.296 e. The highest BCUT2D eigenvalue weighted by atomic mass is 32.2. The lowest BCUT2D eigenvalue weighted by Gasteiger charge is -2.04. The van der Waals surface area contributed by atoms with Gasteiger partial charge < -0.3 is 0 Å². The first-order chi connectivity index (χ1) is 12.6. The summed E-state index contributed by atoms with van der Waals surface area (Å²) in [6.45, 7) is 0. The highest BCUT2D eigenvalue weighted by Crippen LogP contribution is 2.31. The van der Waals surface area contributed by atoms with E-state index in [1.807, 2.05) is 60.7 Å². The monoisotopic (exact) mass is 378 g/mol. The Morgan fingerprint density at radius 2 is 1.69 bits per heavy atom. The van der Waals surface area contributed by atoms with Gasteiger partial charge in [0.05, 0.1) is 10.6 Å². The van der Waals surface area contributed by atoms with Gasteiger partial charge in [-0.2, -0.15) is 0 Å². The molecular weight excluding hydrogens is 364 g/mol. The molecule has 4 rings (SSSR count). The van der Waals surface area contributed by atoms with Crippen LogP contribution in [0.5, 0.6) is 0 Å². The highest BCUT2D eigenvalue weighted by Gasteiger charge is 2.29. The lowest BCUT2D eigenvalue weighted by atomic mass is 10.2. The van der Waals surface area contributed by atoms with Gasteiger partial charge in [0.2, 0.25) is 0 Å². The molecule has 1 aliphatic heterocycles. The van der Waals surface area contributed by atoms with Crippen LogP contribution in [0, 0.1) is 0 Å². The van der Waals surface area contributed by atoms with Gasteiger partial charge in [-0.25, -0.2) is 9.67 Å². The van der Waals surface area contributed by atoms with Crippen molar-refractivity contribution in [1.82, 2.24) is 19.7 Å². The third-order valence-electron chi connectivity index (χ3n) is 3.91. The Bertz CT molecular complexity index is 1010. The maximum absolute atomic E-state index is 12.3. The molecular formula is C19H14N4OS2. The molecule has 2 aromatic carbocycles. The molecule has 0 radical (unpaired) electrons. The SMILES string of the molecule is CN1C(=O)C(=Cc2nc(-c3ccccc3)nn2-c2ccccc2)SC1=S. The predicted molar refractivity (Wildman–Crippen MR) is 108 cm³/mol. The van der Waals surface area contributed by atoms with Crippen LogP contribution in [-0.2, 0) is 4.79 Å². The van der Waals surface area contributed by atoms with Crippen molar-refractivity contribution in [2.24, 2.45) is 0 Å². The van der Waals surface area contributed by atoms with Crippen LogP contribution < -0.4 is 0 Å². The summed E-state index contributed by atoms with van der Waals surface area (Å²) in [6.07, 6.45) is 1.75. The van der Waals surface area contributed by atoms with Crippen molar-refractivity contribution in [3.63, 3.8) is 0 Å². The molecule has 0 spiro atoms. The zero-order valence-electron chi connectivity index (χ0n) is 13.9. The predicted octanol–water partition coefficient (Wildman–Crippen LogP) is 3.77. The molecule has 0 saturated carbocycles. The summed E-state index contributed by atoms with van der Waals surface area (Å²) in [6, 6.07) is 19.5. The number of rotatable bonds is 3. The number of aromatic nitrogens is 3. The van der Waals surface area contributed by atoms with Gasteiger partial charge in [-0.05, 0) is 12.1 Å². The summed E-state index contributed by atoms with van der Waals surface area (Å²) < 4.78 is 2.28. The second-order valence-corrected chi connectivity index (χ2v) is 7.32. The Morgan fingerprint density at radius 3 is 2.31 bits per heavy atom. The van der Waals surface area contributed by atoms with E-state index in [-0.39, 0.29) is 5.91 Å². The Kier molecular flexibility index (Phi) is 4.40. The average molecular weight is 378 g/mol. The molecule has 2 heterocycles. The molecule has 0 N–H and O–H groups in total. The number of amides is 1. The standard InChI is InChI=1S/C19H14N4OS2/c1-22-18(24)15(26-19(22)25)12-16-20-17(13-8-4-2-5-9-13)21-23(16)14-10-6-3-7-11-14/h2-12H,1H3. The van der Waals surface area contributed by atoms with Gasteiger partial charge in [0.1, 0.15) is 4.32 Å². The zero-order chi connectivity index (χ0) is 18.1. The minimum atomic E-state index is -0.121. The summed E-state index contributed by atoms with van der Waals surface area (Å²) in [4.78, 5) is 19.0. The largest absolute Gasteiger partial charge is 0.296 e. The molecule has 5 nitrogen and oxygen atoms in total. The number of carbonyl (C=O) groups is 1. The van der Waals surface area contributed by atoms with Crippen molar-refractivity contribution in [3.05, 3.63) is 71.4 Å². The zero-order valence-corrected chi connectivity index (χ0v) is 15.5. The van der Waals surface area contributed by atoms with Crippen molar-refractivity contribution in [1.29, 1.82) is 0 Å². The van der Waals surface area contributed by atoms with E-state index >= 15 is 0 Å².